The highest BCUT2D eigenvalue weighted by Gasteiger charge is 2.34. The topological polar surface area (TPSA) is 40.7 Å². The largest absolute Gasteiger partial charge is 0.308 e. The number of aromatic nitrogens is 2. The normalized spacial score (nSPS) is 34.5. The molecule has 0 spiro atoms. The number of hydrogen-bond acceptors (Lipinski definition) is 2. The lowest BCUT2D eigenvalue weighted by Crippen LogP contribution is -2.44. The average Bonchev–Trinajstić information content (AvgIpc) is 2.81. The van der Waals surface area contributed by atoms with Crippen LogP contribution in [0.25, 0.3) is 0 Å². The molecule has 3 fully saturated rings. The molecule has 1 unspecified atom stereocenters. The van der Waals surface area contributed by atoms with E-state index in [9.17, 15) is 0 Å². The first-order valence-electron chi connectivity index (χ1n) is 6.13. The van der Waals surface area contributed by atoms with E-state index in [-0.39, 0.29) is 0 Å². The molecule has 0 saturated heterocycles. The van der Waals surface area contributed by atoms with Gasteiger partial charge in [0.1, 0.15) is 0 Å². The maximum Gasteiger partial charge on any atom is 0.0490 e. The van der Waals surface area contributed by atoms with Crippen LogP contribution in [0.5, 0.6) is 0 Å². The number of fused-ring (bicyclic) bond motifs is 3. The lowest BCUT2D eigenvalue weighted by molar-refractivity contribution is 0.123. The van der Waals surface area contributed by atoms with E-state index in [0.717, 1.165) is 24.4 Å². The number of nitrogens with zero attached hydrogens (tertiary/aromatic N) is 1. The van der Waals surface area contributed by atoms with Crippen molar-refractivity contribution >= 4 is 0 Å². The Bertz CT molecular complexity index is 299. The Morgan fingerprint density at radius 3 is 2.80 bits per heavy atom. The highest BCUT2D eigenvalue weighted by Crippen LogP contribution is 2.41. The summed E-state index contributed by atoms with van der Waals surface area (Å²) < 4.78 is 0. The van der Waals surface area contributed by atoms with Gasteiger partial charge in [0.2, 0.25) is 0 Å². The van der Waals surface area contributed by atoms with Crippen molar-refractivity contribution in [1.82, 2.24) is 15.5 Å². The summed E-state index contributed by atoms with van der Waals surface area (Å²) >= 11 is 0. The zero-order valence-corrected chi connectivity index (χ0v) is 9.08. The smallest absolute Gasteiger partial charge is 0.0490 e. The summed E-state index contributed by atoms with van der Waals surface area (Å²) in [7, 11) is 0. The van der Waals surface area contributed by atoms with E-state index < -0.39 is 0 Å². The van der Waals surface area contributed by atoms with Crippen molar-refractivity contribution in [3.8, 4) is 0 Å². The predicted octanol–water partition coefficient (Wildman–Crippen LogP) is 2.08. The number of hydrogen-bond donors (Lipinski definition) is 2. The van der Waals surface area contributed by atoms with Crippen LogP contribution in [0.1, 0.15) is 37.8 Å². The van der Waals surface area contributed by atoms with E-state index >= 15 is 0 Å². The van der Waals surface area contributed by atoms with E-state index in [1.165, 1.54) is 37.8 Å². The van der Waals surface area contributed by atoms with E-state index in [2.05, 4.69) is 15.5 Å². The molecular formula is C12H19N3. The Hall–Kier alpha value is -0.830. The van der Waals surface area contributed by atoms with Crippen molar-refractivity contribution in [2.45, 2.75) is 44.7 Å². The molecule has 1 aromatic rings. The fraction of sp³-hybridized carbons (Fsp3) is 0.750. The summed E-state index contributed by atoms with van der Waals surface area (Å²) in [5.74, 6) is 1.95. The van der Waals surface area contributed by atoms with Crippen LogP contribution >= 0.6 is 0 Å². The van der Waals surface area contributed by atoms with Crippen LogP contribution in [-0.4, -0.2) is 16.2 Å². The summed E-state index contributed by atoms with van der Waals surface area (Å²) in [5, 5.41) is 10.7. The molecule has 82 valence electrons. The van der Waals surface area contributed by atoms with Gasteiger partial charge in [-0.2, -0.15) is 5.10 Å². The molecule has 3 heteroatoms. The first-order valence-corrected chi connectivity index (χ1v) is 6.13. The third kappa shape index (κ3) is 1.93. The van der Waals surface area contributed by atoms with Crippen LogP contribution in [-0.2, 0) is 6.54 Å². The van der Waals surface area contributed by atoms with Crippen LogP contribution in [0.15, 0.2) is 12.3 Å². The lowest BCUT2D eigenvalue weighted by Gasteiger charge is -2.42. The number of rotatable bonds is 3. The third-order valence-corrected chi connectivity index (χ3v) is 4.16. The van der Waals surface area contributed by atoms with Crippen molar-refractivity contribution in [3.05, 3.63) is 18.0 Å². The Balaban J connectivity index is 1.55. The van der Waals surface area contributed by atoms with Gasteiger partial charge in [-0.1, -0.05) is 12.8 Å². The standard InChI is InChI=1S/C12H19N3/c1-3-10-4-2-9(1)7-12(10)13-8-11-5-6-14-15-11/h5-6,9-10,12-13H,1-4,7-8H2,(H,14,15). The van der Waals surface area contributed by atoms with Gasteiger partial charge < -0.3 is 5.32 Å². The number of H-pyrrole nitrogens is 1. The van der Waals surface area contributed by atoms with Crippen molar-refractivity contribution < 1.29 is 0 Å². The second-order valence-electron chi connectivity index (χ2n) is 5.09. The molecule has 0 aromatic carbocycles. The van der Waals surface area contributed by atoms with Crippen LogP contribution in [0.4, 0.5) is 0 Å². The molecule has 1 heterocycles. The van der Waals surface area contributed by atoms with Gasteiger partial charge in [0.05, 0.1) is 0 Å². The van der Waals surface area contributed by atoms with Crippen molar-refractivity contribution in [3.63, 3.8) is 0 Å². The van der Waals surface area contributed by atoms with Gasteiger partial charge >= 0.3 is 0 Å². The van der Waals surface area contributed by atoms with Crippen LogP contribution in [0, 0.1) is 11.8 Å². The third-order valence-electron chi connectivity index (χ3n) is 4.16. The highest BCUT2D eigenvalue weighted by molar-refractivity contribution is 4.98. The van der Waals surface area contributed by atoms with Gasteiger partial charge in [-0.15, -0.1) is 0 Å². The second kappa shape index (κ2) is 3.97. The summed E-state index contributed by atoms with van der Waals surface area (Å²) in [6.45, 7) is 0.952. The molecule has 2 N–H and O–H groups in total. The Morgan fingerprint density at radius 2 is 2.20 bits per heavy atom. The minimum Gasteiger partial charge on any atom is -0.308 e. The van der Waals surface area contributed by atoms with E-state index in [4.69, 9.17) is 0 Å². The molecule has 3 nitrogen and oxygen atoms in total. The molecule has 0 radical (unpaired) electrons. The van der Waals surface area contributed by atoms with E-state index in [1.807, 2.05) is 12.3 Å². The molecule has 3 saturated carbocycles. The summed E-state index contributed by atoms with van der Waals surface area (Å²) in [6.07, 6.45) is 9.08. The Kier molecular flexibility index (Phi) is 2.49. The van der Waals surface area contributed by atoms with Gasteiger partial charge in [-0.3, -0.25) is 5.10 Å². The molecule has 15 heavy (non-hydrogen) atoms. The molecule has 0 amide bonds. The quantitative estimate of drug-likeness (QED) is 0.793. The zero-order valence-electron chi connectivity index (χ0n) is 9.08. The number of nitrogens with one attached hydrogen (secondary N) is 2. The Morgan fingerprint density at radius 1 is 1.33 bits per heavy atom. The molecule has 0 aliphatic heterocycles. The van der Waals surface area contributed by atoms with Crippen LogP contribution in [0.3, 0.4) is 0 Å². The van der Waals surface area contributed by atoms with Crippen LogP contribution in [0.2, 0.25) is 0 Å². The van der Waals surface area contributed by atoms with Gasteiger partial charge in [-0.25, -0.2) is 0 Å². The molecule has 1 aromatic heterocycles. The maximum absolute atomic E-state index is 3.97. The monoisotopic (exact) mass is 205 g/mol. The average molecular weight is 205 g/mol. The lowest BCUT2D eigenvalue weighted by atomic mass is 9.68. The van der Waals surface area contributed by atoms with Gasteiger partial charge in [0.25, 0.3) is 0 Å². The Labute approximate surface area is 90.7 Å². The van der Waals surface area contributed by atoms with Crippen LogP contribution < -0.4 is 5.32 Å². The summed E-state index contributed by atoms with van der Waals surface area (Å²) in [5.41, 5.74) is 1.21. The fourth-order valence-corrected chi connectivity index (χ4v) is 3.25. The predicted molar refractivity (Wildman–Crippen MR) is 59.3 cm³/mol. The van der Waals surface area contributed by atoms with Crippen molar-refractivity contribution in [2.24, 2.45) is 11.8 Å². The molecular weight excluding hydrogens is 186 g/mol. The first kappa shape index (κ1) is 9.40. The SMILES string of the molecule is c1cc(CNC2CC3CCC2CC3)[nH]n1. The van der Waals surface area contributed by atoms with E-state index in [0.29, 0.717) is 0 Å². The molecule has 3 aliphatic carbocycles. The van der Waals surface area contributed by atoms with E-state index in [1.54, 1.807) is 0 Å². The van der Waals surface area contributed by atoms with Crippen molar-refractivity contribution in [2.75, 3.05) is 0 Å². The minimum atomic E-state index is 0.765. The van der Waals surface area contributed by atoms with Gasteiger partial charge in [-0.05, 0) is 37.2 Å². The second-order valence-corrected chi connectivity index (χ2v) is 5.09. The maximum atomic E-state index is 3.97. The van der Waals surface area contributed by atoms with Gasteiger partial charge in [0.15, 0.2) is 0 Å². The van der Waals surface area contributed by atoms with Gasteiger partial charge in [0, 0.05) is 24.5 Å². The molecule has 2 bridgehead atoms. The molecule has 1 atom stereocenters. The summed E-state index contributed by atoms with van der Waals surface area (Å²) in [4.78, 5) is 0. The van der Waals surface area contributed by atoms with Crippen molar-refractivity contribution in [1.29, 1.82) is 0 Å². The fourth-order valence-electron chi connectivity index (χ4n) is 3.25. The zero-order chi connectivity index (χ0) is 10.1. The highest BCUT2D eigenvalue weighted by atomic mass is 15.1. The first-order chi connectivity index (χ1) is 7.42. The molecule has 4 rings (SSSR count). The molecule has 3 aliphatic rings. The number of aromatic amines is 1. The minimum absolute atomic E-state index is 0.765. The summed E-state index contributed by atoms with van der Waals surface area (Å²) in [6, 6.07) is 2.81.